The van der Waals surface area contributed by atoms with Gasteiger partial charge in [0.2, 0.25) is 0 Å². The third kappa shape index (κ3) is 2.26. The zero-order chi connectivity index (χ0) is 10.7. The minimum atomic E-state index is -0.915. The molecule has 0 aliphatic carbocycles. The molecule has 14 heavy (non-hydrogen) atoms. The maximum Gasteiger partial charge on any atom is 0.129 e. The van der Waals surface area contributed by atoms with Gasteiger partial charge in [0.15, 0.2) is 0 Å². The predicted molar refractivity (Wildman–Crippen MR) is 56.9 cm³/mol. The second-order valence-corrected chi connectivity index (χ2v) is 3.94. The highest BCUT2D eigenvalue weighted by Crippen LogP contribution is 2.26. The first-order chi connectivity index (χ1) is 6.60. The molecule has 3 N–H and O–H groups in total. The molecule has 0 bridgehead atoms. The molecule has 1 aromatic rings. The first kappa shape index (κ1) is 11.5. The van der Waals surface area contributed by atoms with Crippen LogP contribution in [-0.4, -0.2) is 17.9 Å². The summed E-state index contributed by atoms with van der Waals surface area (Å²) in [6, 6.07) is 3.09. The molecule has 2 nitrogen and oxygen atoms in total. The molecule has 1 unspecified atom stereocenters. The van der Waals surface area contributed by atoms with Crippen molar-refractivity contribution in [3.05, 3.63) is 29.1 Å². The highest BCUT2D eigenvalue weighted by Gasteiger charge is 2.13. The summed E-state index contributed by atoms with van der Waals surface area (Å²) in [7, 11) is 0. The van der Waals surface area contributed by atoms with Crippen LogP contribution in [0.2, 0.25) is 0 Å². The number of aliphatic hydroxyl groups excluding tert-OH is 1. The van der Waals surface area contributed by atoms with E-state index in [1.165, 1.54) is 17.8 Å². The molecule has 0 saturated heterocycles. The molecular formula is C10H14FNOS. The van der Waals surface area contributed by atoms with Crippen LogP contribution in [0.25, 0.3) is 0 Å². The van der Waals surface area contributed by atoms with Crippen LogP contribution in [0.3, 0.4) is 0 Å². The lowest BCUT2D eigenvalue weighted by Crippen LogP contribution is -2.13. The maximum atomic E-state index is 13.4. The summed E-state index contributed by atoms with van der Waals surface area (Å²) >= 11 is 1.53. The number of thioether (sulfide) groups is 1. The zero-order valence-corrected chi connectivity index (χ0v) is 9.07. The lowest BCUT2D eigenvalue weighted by molar-refractivity contribution is 0.181. The fourth-order valence-corrected chi connectivity index (χ4v) is 1.90. The van der Waals surface area contributed by atoms with Crippen molar-refractivity contribution >= 4 is 11.8 Å². The van der Waals surface area contributed by atoms with E-state index in [0.717, 1.165) is 10.5 Å². The molecule has 0 aromatic heterocycles. The van der Waals surface area contributed by atoms with E-state index >= 15 is 0 Å². The fraction of sp³-hybridized carbons (Fsp3) is 0.400. The number of halogens is 1. The van der Waals surface area contributed by atoms with E-state index in [4.69, 9.17) is 5.73 Å². The molecule has 0 aliphatic heterocycles. The van der Waals surface area contributed by atoms with Gasteiger partial charge in [-0.25, -0.2) is 4.39 Å². The number of hydrogen-bond acceptors (Lipinski definition) is 3. The Morgan fingerprint density at radius 3 is 2.71 bits per heavy atom. The van der Waals surface area contributed by atoms with Crippen LogP contribution in [0.1, 0.15) is 17.2 Å². The Bertz CT molecular complexity index is 330. The number of aliphatic hydroxyl groups is 1. The number of nitrogens with two attached hydrogens (primary N) is 1. The van der Waals surface area contributed by atoms with Crippen LogP contribution >= 0.6 is 11.8 Å². The summed E-state index contributed by atoms with van der Waals surface area (Å²) in [6.45, 7) is 1.88. The summed E-state index contributed by atoms with van der Waals surface area (Å²) in [5, 5.41) is 9.45. The smallest absolute Gasteiger partial charge is 0.129 e. The van der Waals surface area contributed by atoms with Crippen molar-refractivity contribution in [1.29, 1.82) is 0 Å². The lowest BCUT2D eigenvalue weighted by atomic mass is 10.1. The third-order valence-electron chi connectivity index (χ3n) is 2.10. The standard InChI is InChI=1S/C10H14FNOS/c1-6-3-8(11)7(9(13)5-12)4-10(6)14-2/h3-4,9,13H,5,12H2,1-2H3. The average Bonchev–Trinajstić information content (AvgIpc) is 2.17. The molecule has 0 heterocycles. The van der Waals surface area contributed by atoms with Gasteiger partial charge in [0.25, 0.3) is 0 Å². The average molecular weight is 215 g/mol. The Labute approximate surface area is 87.3 Å². The van der Waals surface area contributed by atoms with Crippen LogP contribution in [0.15, 0.2) is 17.0 Å². The highest BCUT2D eigenvalue weighted by molar-refractivity contribution is 7.98. The third-order valence-corrected chi connectivity index (χ3v) is 2.98. The van der Waals surface area contributed by atoms with Gasteiger partial charge in [-0.2, -0.15) is 0 Å². The molecule has 0 saturated carbocycles. The summed E-state index contributed by atoms with van der Waals surface area (Å²) in [4.78, 5) is 0.967. The zero-order valence-electron chi connectivity index (χ0n) is 8.25. The molecule has 1 atom stereocenters. The lowest BCUT2D eigenvalue weighted by Gasteiger charge is -2.12. The van der Waals surface area contributed by atoms with Crippen LogP contribution in [-0.2, 0) is 0 Å². The van der Waals surface area contributed by atoms with Crippen molar-refractivity contribution in [2.24, 2.45) is 5.73 Å². The molecule has 1 aromatic carbocycles. The predicted octanol–water partition coefficient (Wildman–Crippen LogP) is 1.85. The van der Waals surface area contributed by atoms with Crippen LogP contribution in [0.4, 0.5) is 4.39 Å². The van der Waals surface area contributed by atoms with Crippen molar-refractivity contribution in [1.82, 2.24) is 0 Å². The van der Waals surface area contributed by atoms with Gasteiger partial charge in [0.05, 0.1) is 6.10 Å². The van der Waals surface area contributed by atoms with Gasteiger partial charge < -0.3 is 10.8 Å². The maximum absolute atomic E-state index is 13.4. The van der Waals surface area contributed by atoms with E-state index in [1.54, 1.807) is 6.07 Å². The van der Waals surface area contributed by atoms with Gasteiger partial charge in [0.1, 0.15) is 5.82 Å². The SMILES string of the molecule is CSc1cc(C(O)CN)c(F)cc1C. The van der Waals surface area contributed by atoms with E-state index in [1.807, 2.05) is 13.2 Å². The van der Waals surface area contributed by atoms with Crippen molar-refractivity contribution in [3.63, 3.8) is 0 Å². The van der Waals surface area contributed by atoms with E-state index < -0.39 is 11.9 Å². The quantitative estimate of drug-likeness (QED) is 0.756. The van der Waals surface area contributed by atoms with E-state index in [-0.39, 0.29) is 12.1 Å². The minimum Gasteiger partial charge on any atom is -0.387 e. The first-order valence-corrected chi connectivity index (χ1v) is 5.54. The Morgan fingerprint density at radius 2 is 2.21 bits per heavy atom. The Morgan fingerprint density at radius 1 is 1.57 bits per heavy atom. The topological polar surface area (TPSA) is 46.2 Å². The van der Waals surface area contributed by atoms with E-state index in [0.29, 0.717) is 0 Å². The monoisotopic (exact) mass is 215 g/mol. The Kier molecular flexibility index (Phi) is 3.92. The molecule has 0 radical (unpaired) electrons. The number of benzene rings is 1. The van der Waals surface area contributed by atoms with Crippen LogP contribution in [0.5, 0.6) is 0 Å². The van der Waals surface area contributed by atoms with Gasteiger partial charge in [0, 0.05) is 17.0 Å². The van der Waals surface area contributed by atoms with Gasteiger partial charge in [-0.05, 0) is 30.9 Å². The molecule has 1 rings (SSSR count). The summed E-state index contributed by atoms with van der Waals surface area (Å²) in [5.41, 5.74) is 6.44. The number of rotatable bonds is 3. The van der Waals surface area contributed by atoms with E-state index in [9.17, 15) is 9.50 Å². The fourth-order valence-electron chi connectivity index (χ4n) is 1.27. The number of aryl methyl sites for hydroxylation is 1. The van der Waals surface area contributed by atoms with Gasteiger partial charge in [-0.3, -0.25) is 0 Å². The highest BCUT2D eigenvalue weighted by atomic mass is 32.2. The normalized spacial score (nSPS) is 12.9. The molecule has 0 amide bonds. The second kappa shape index (κ2) is 4.77. The molecule has 0 fully saturated rings. The molecular weight excluding hydrogens is 201 g/mol. The Hall–Kier alpha value is -0.580. The summed E-state index contributed by atoms with van der Waals surface area (Å²) in [6.07, 6.45) is 1.00. The van der Waals surface area contributed by atoms with Crippen molar-refractivity contribution in [2.75, 3.05) is 12.8 Å². The number of hydrogen-bond donors (Lipinski definition) is 2. The van der Waals surface area contributed by atoms with Crippen LogP contribution in [0, 0.1) is 12.7 Å². The van der Waals surface area contributed by atoms with Crippen molar-refractivity contribution < 1.29 is 9.50 Å². The van der Waals surface area contributed by atoms with Crippen molar-refractivity contribution in [3.8, 4) is 0 Å². The second-order valence-electron chi connectivity index (χ2n) is 3.09. The van der Waals surface area contributed by atoms with Gasteiger partial charge in [-0.1, -0.05) is 0 Å². The summed E-state index contributed by atoms with van der Waals surface area (Å²) in [5.74, 6) is -0.391. The molecule has 0 aliphatic rings. The molecule has 78 valence electrons. The van der Waals surface area contributed by atoms with Crippen LogP contribution < -0.4 is 5.73 Å². The minimum absolute atomic E-state index is 0.0355. The summed E-state index contributed by atoms with van der Waals surface area (Å²) < 4.78 is 13.4. The van der Waals surface area contributed by atoms with Gasteiger partial charge >= 0.3 is 0 Å². The molecule has 0 spiro atoms. The molecule has 4 heteroatoms. The van der Waals surface area contributed by atoms with Crippen molar-refractivity contribution in [2.45, 2.75) is 17.9 Å². The first-order valence-electron chi connectivity index (χ1n) is 4.32. The largest absolute Gasteiger partial charge is 0.387 e. The van der Waals surface area contributed by atoms with E-state index in [2.05, 4.69) is 0 Å². The Balaban J connectivity index is 3.17. The van der Waals surface area contributed by atoms with Gasteiger partial charge in [-0.15, -0.1) is 11.8 Å².